The molecule has 0 aliphatic carbocycles. The van der Waals surface area contributed by atoms with Crippen LogP contribution in [-0.4, -0.2) is 17.1 Å². The Morgan fingerprint density at radius 2 is 1.82 bits per heavy atom. The molecular weight excluding hydrogens is 372 g/mol. The van der Waals surface area contributed by atoms with Crippen molar-refractivity contribution in [3.8, 4) is 11.1 Å². The van der Waals surface area contributed by atoms with Gasteiger partial charge >= 0.3 is 5.97 Å². The molecule has 0 saturated heterocycles. The van der Waals surface area contributed by atoms with Crippen LogP contribution in [0.5, 0.6) is 0 Å². The van der Waals surface area contributed by atoms with Crippen molar-refractivity contribution in [2.45, 2.75) is 13.5 Å². The zero-order valence-corrected chi connectivity index (χ0v) is 16.6. The van der Waals surface area contributed by atoms with E-state index in [-0.39, 0.29) is 12.5 Å². The number of rotatable bonds is 4. The summed E-state index contributed by atoms with van der Waals surface area (Å²) in [4.78, 5) is 12.5. The van der Waals surface area contributed by atoms with Crippen molar-refractivity contribution < 1.29 is 9.53 Å². The second-order valence-electron chi connectivity index (χ2n) is 6.68. The third-order valence-electron chi connectivity index (χ3n) is 5.18. The second kappa shape index (κ2) is 7.30. The first-order chi connectivity index (χ1) is 13.6. The highest BCUT2D eigenvalue weighted by Crippen LogP contribution is 2.36. The normalized spacial score (nSPS) is 11.3. The fourth-order valence-corrected chi connectivity index (χ4v) is 4.07. The number of aromatic nitrogens is 1. The molecule has 5 heteroatoms. The van der Waals surface area contributed by atoms with E-state index in [2.05, 4.69) is 12.1 Å². The molecule has 4 aromatic rings. The van der Waals surface area contributed by atoms with E-state index in [4.69, 9.17) is 22.1 Å². The smallest absolute Gasteiger partial charge is 0.340 e. The van der Waals surface area contributed by atoms with Crippen LogP contribution < -0.4 is 5.73 Å². The molecule has 1 aromatic heterocycles. The van der Waals surface area contributed by atoms with Crippen LogP contribution in [0.25, 0.3) is 32.8 Å². The van der Waals surface area contributed by atoms with Gasteiger partial charge in [-0.15, -0.1) is 0 Å². The summed E-state index contributed by atoms with van der Waals surface area (Å²) in [6.07, 6.45) is 0. The van der Waals surface area contributed by atoms with Crippen molar-refractivity contribution in [3.63, 3.8) is 0 Å². The largest absolute Gasteiger partial charge is 0.462 e. The average Bonchev–Trinajstić information content (AvgIpc) is 3.00. The van der Waals surface area contributed by atoms with Gasteiger partial charge in [0.1, 0.15) is 0 Å². The van der Waals surface area contributed by atoms with Gasteiger partial charge in [0.15, 0.2) is 0 Å². The van der Waals surface area contributed by atoms with E-state index in [1.165, 1.54) is 0 Å². The molecule has 3 aromatic carbocycles. The summed E-state index contributed by atoms with van der Waals surface area (Å²) in [5, 5.41) is 3.69. The zero-order chi connectivity index (χ0) is 19.8. The van der Waals surface area contributed by atoms with Crippen molar-refractivity contribution in [2.75, 3.05) is 6.61 Å². The Balaban J connectivity index is 1.96. The van der Waals surface area contributed by atoms with Crippen molar-refractivity contribution in [3.05, 3.63) is 70.9 Å². The number of carbonyl (C=O) groups excluding carboxylic acids is 1. The van der Waals surface area contributed by atoms with Crippen molar-refractivity contribution in [1.29, 1.82) is 0 Å². The second-order valence-corrected chi connectivity index (χ2v) is 7.08. The molecular formula is C23H21ClN2O2. The fourth-order valence-electron chi connectivity index (χ4n) is 3.84. The first-order valence-corrected chi connectivity index (χ1v) is 9.60. The van der Waals surface area contributed by atoms with Gasteiger partial charge < -0.3 is 15.0 Å². The van der Waals surface area contributed by atoms with E-state index in [1.54, 1.807) is 6.92 Å². The predicted octanol–water partition coefficient (Wildman–Crippen LogP) is 5.29. The van der Waals surface area contributed by atoms with E-state index in [0.717, 1.165) is 43.5 Å². The van der Waals surface area contributed by atoms with E-state index in [1.807, 2.05) is 54.1 Å². The van der Waals surface area contributed by atoms with Crippen LogP contribution in [0.1, 0.15) is 23.0 Å². The Morgan fingerprint density at radius 1 is 1.07 bits per heavy atom. The number of esters is 1. The Labute approximate surface area is 168 Å². The maximum Gasteiger partial charge on any atom is 0.340 e. The van der Waals surface area contributed by atoms with Gasteiger partial charge in [0.25, 0.3) is 0 Å². The Hall–Kier alpha value is -2.82. The van der Waals surface area contributed by atoms with Gasteiger partial charge in [-0.25, -0.2) is 4.79 Å². The molecule has 4 nitrogen and oxygen atoms in total. The third-order valence-corrected chi connectivity index (χ3v) is 5.51. The molecule has 0 aliphatic heterocycles. The highest BCUT2D eigenvalue weighted by molar-refractivity contribution is 6.36. The molecule has 1 heterocycles. The lowest BCUT2D eigenvalue weighted by atomic mass is 9.97. The lowest BCUT2D eigenvalue weighted by Gasteiger charge is -2.09. The summed E-state index contributed by atoms with van der Waals surface area (Å²) in [7, 11) is 1.93. The topological polar surface area (TPSA) is 57.2 Å². The standard InChI is InChI=1S/C23H21ClN2O2/c1-3-28-23(27)22-18-9-8-14(12-20(18)26(2)21(22)13-25)15-10-11-19(24)17-7-5-4-6-16(15)17/h4-12H,3,13,25H2,1-2H3. The van der Waals surface area contributed by atoms with Crippen molar-refractivity contribution in [1.82, 2.24) is 4.57 Å². The van der Waals surface area contributed by atoms with Crippen LogP contribution >= 0.6 is 11.6 Å². The van der Waals surface area contributed by atoms with Crippen LogP contribution in [0.4, 0.5) is 0 Å². The number of halogens is 1. The molecule has 0 atom stereocenters. The number of aryl methyl sites for hydroxylation is 1. The molecule has 0 radical (unpaired) electrons. The summed E-state index contributed by atoms with van der Waals surface area (Å²) in [6.45, 7) is 2.39. The molecule has 0 amide bonds. The first-order valence-electron chi connectivity index (χ1n) is 9.23. The third kappa shape index (κ3) is 2.86. The van der Waals surface area contributed by atoms with E-state index >= 15 is 0 Å². The SMILES string of the molecule is CCOC(=O)c1c(CN)n(C)c2cc(-c3ccc(Cl)c4ccccc34)ccc12. The average molecular weight is 393 g/mol. The molecule has 0 saturated carbocycles. The number of fused-ring (bicyclic) bond motifs is 2. The Morgan fingerprint density at radius 3 is 2.54 bits per heavy atom. The van der Waals surface area contributed by atoms with Crippen LogP contribution in [0, 0.1) is 0 Å². The number of carbonyl (C=O) groups is 1. The summed E-state index contributed by atoms with van der Waals surface area (Å²) >= 11 is 6.37. The number of nitrogens with two attached hydrogens (primary N) is 1. The predicted molar refractivity (Wildman–Crippen MR) is 115 cm³/mol. The van der Waals surface area contributed by atoms with Crippen molar-refractivity contribution >= 4 is 39.2 Å². The Bertz CT molecular complexity index is 1210. The molecule has 0 bridgehead atoms. The quantitative estimate of drug-likeness (QED) is 0.480. The minimum atomic E-state index is -0.335. The monoisotopic (exact) mass is 392 g/mol. The lowest BCUT2D eigenvalue weighted by Crippen LogP contribution is -2.12. The van der Waals surface area contributed by atoms with Crippen LogP contribution in [0.2, 0.25) is 5.02 Å². The lowest BCUT2D eigenvalue weighted by molar-refractivity contribution is 0.0527. The van der Waals surface area contributed by atoms with Gasteiger partial charge in [-0.2, -0.15) is 0 Å². The number of hydrogen-bond donors (Lipinski definition) is 1. The maximum atomic E-state index is 12.5. The van der Waals surface area contributed by atoms with Gasteiger partial charge in [0, 0.05) is 40.6 Å². The highest BCUT2D eigenvalue weighted by Gasteiger charge is 2.22. The molecule has 0 aliphatic rings. The first kappa shape index (κ1) is 18.5. The number of hydrogen-bond acceptors (Lipinski definition) is 3. The van der Waals surface area contributed by atoms with Gasteiger partial charge in [-0.3, -0.25) is 0 Å². The molecule has 0 unspecified atom stereocenters. The highest BCUT2D eigenvalue weighted by atomic mass is 35.5. The van der Waals surface area contributed by atoms with Crippen LogP contribution in [0.15, 0.2) is 54.6 Å². The minimum absolute atomic E-state index is 0.262. The van der Waals surface area contributed by atoms with Gasteiger partial charge in [0.05, 0.1) is 12.2 Å². The van der Waals surface area contributed by atoms with Gasteiger partial charge in [-0.1, -0.05) is 54.1 Å². The number of nitrogens with zero attached hydrogens (tertiary/aromatic N) is 1. The maximum absolute atomic E-state index is 12.5. The molecule has 28 heavy (non-hydrogen) atoms. The van der Waals surface area contributed by atoms with Gasteiger partial charge in [-0.05, 0) is 35.6 Å². The molecule has 0 spiro atoms. The van der Waals surface area contributed by atoms with E-state index < -0.39 is 0 Å². The molecule has 2 N–H and O–H groups in total. The van der Waals surface area contributed by atoms with Crippen molar-refractivity contribution in [2.24, 2.45) is 12.8 Å². The minimum Gasteiger partial charge on any atom is -0.462 e. The summed E-state index contributed by atoms with van der Waals surface area (Å²) in [6, 6.07) is 18.1. The van der Waals surface area contributed by atoms with Crippen LogP contribution in [-0.2, 0) is 18.3 Å². The van der Waals surface area contributed by atoms with E-state index in [9.17, 15) is 4.79 Å². The molecule has 142 valence electrons. The Kier molecular flexibility index (Phi) is 4.84. The summed E-state index contributed by atoms with van der Waals surface area (Å²) in [5.74, 6) is -0.335. The van der Waals surface area contributed by atoms with E-state index in [0.29, 0.717) is 12.2 Å². The zero-order valence-electron chi connectivity index (χ0n) is 15.8. The van der Waals surface area contributed by atoms with Gasteiger partial charge in [0.2, 0.25) is 0 Å². The summed E-state index contributed by atoms with van der Waals surface area (Å²) in [5.41, 5.74) is 10.4. The number of benzene rings is 3. The fraction of sp³-hybridized carbons (Fsp3) is 0.174. The summed E-state index contributed by atoms with van der Waals surface area (Å²) < 4.78 is 7.23. The molecule has 4 rings (SSSR count). The van der Waals surface area contributed by atoms with Crippen LogP contribution in [0.3, 0.4) is 0 Å². The number of ether oxygens (including phenoxy) is 1. The molecule has 0 fully saturated rings.